The van der Waals surface area contributed by atoms with Gasteiger partial charge in [-0.25, -0.2) is 0 Å². The predicted octanol–water partition coefficient (Wildman–Crippen LogP) is 1.99. The Bertz CT molecular complexity index is 325. The highest BCUT2D eigenvalue weighted by atomic mass is 35.5. The Hall–Kier alpha value is -0.730. The van der Waals surface area contributed by atoms with Crippen molar-refractivity contribution in [3.8, 4) is 5.75 Å². The fraction of sp³-hybridized carbons (Fsp3) is 0.333. The number of halogens is 1. The number of hydrogen-bond acceptors (Lipinski definition) is 2. The van der Waals surface area contributed by atoms with Gasteiger partial charge in [0, 0.05) is 6.04 Å². The van der Waals surface area contributed by atoms with E-state index in [2.05, 4.69) is 0 Å². The summed E-state index contributed by atoms with van der Waals surface area (Å²) in [6.07, 6.45) is 1.81. The quantitative estimate of drug-likeness (QED) is 0.646. The summed E-state index contributed by atoms with van der Waals surface area (Å²) in [5.74, 6) is 0.157. The molecule has 0 unspecified atom stereocenters. The second-order valence-electron chi connectivity index (χ2n) is 3.11. The standard InChI is InChI=1S/C9H10ClNO/c10-9-6-1-3-7(11)5(6)2-4-8(9)12/h2,4,7,12H,1,3,11H2/t7-/m1/s1. The Labute approximate surface area is 76.0 Å². The summed E-state index contributed by atoms with van der Waals surface area (Å²) in [4.78, 5) is 0. The second kappa shape index (κ2) is 2.64. The normalized spacial score (nSPS) is 21.0. The van der Waals surface area contributed by atoms with Gasteiger partial charge >= 0.3 is 0 Å². The van der Waals surface area contributed by atoms with Crippen molar-refractivity contribution in [1.82, 2.24) is 0 Å². The van der Waals surface area contributed by atoms with E-state index in [1.165, 1.54) is 0 Å². The Balaban J connectivity index is 2.60. The van der Waals surface area contributed by atoms with E-state index < -0.39 is 0 Å². The highest BCUT2D eigenvalue weighted by molar-refractivity contribution is 6.32. The molecule has 0 saturated heterocycles. The predicted molar refractivity (Wildman–Crippen MR) is 48.4 cm³/mol. The van der Waals surface area contributed by atoms with Crippen LogP contribution in [0.2, 0.25) is 5.02 Å². The molecule has 1 aromatic carbocycles. The van der Waals surface area contributed by atoms with Gasteiger partial charge in [-0.2, -0.15) is 0 Å². The van der Waals surface area contributed by atoms with Crippen molar-refractivity contribution in [2.24, 2.45) is 5.73 Å². The maximum absolute atomic E-state index is 9.30. The molecule has 64 valence electrons. The van der Waals surface area contributed by atoms with E-state index in [0.717, 1.165) is 24.0 Å². The van der Waals surface area contributed by atoms with Gasteiger partial charge in [0.1, 0.15) is 5.75 Å². The molecule has 0 aromatic heterocycles. The van der Waals surface area contributed by atoms with Crippen molar-refractivity contribution in [3.63, 3.8) is 0 Å². The minimum absolute atomic E-state index is 0.0955. The zero-order chi connectivity index (χ0) is 8.72. The number of benzene rings is 1. The molecule has 0 spiro atoms. The summed E-state index contributed by atoms with van der Waals surface area (Å²) in [6.45, 7) is 0. The molecule has 0 bridgehead atoms. The topological polar surface area (TPSA) is 46.2 Å². The smallest absolute Gasteiger partial charge is 0.134 e. The van der Waals surface area contributed by atoms with Crippen LogP contribution in [0, 0.1) is 0 Å². The van der Waals surface area contributed by atoms with Crippen LogP contribution in [0.15, 0.2) is 12.1 Å². The summed E-state index contributed by atoms with van der Waals surface area (Å²) in [6, 6.07) is 3.55. The lowest BCUT2D eigenvalue weighted by molar-refractivity contribution is 0.475. The average molecular weight is 184 g/mol. The van der Waals surface area contributed by atoms with Gasteiger partial charge in [-0.05, 0) is 30.0 Å². The average Bonchev–Trinajstić information content (AvgIpc) is 2.41. The lowest BCUT2D eigenvalue weighted by Crippen LogP contribution is -2.04. The largest absolute Gasteiger partial charge is 0.506 e. The van der Waals surface area contributed by atoms with Gasteiger partial charge in [0.2, 0.25) is 0 Å². The van der Waals surface area contributed by atoms with Crippen molar-refractivity contribution >= 4 is 11.6 Å². The first kappa shape index (κ1) is 7.90. The van der Waals surface area contributed by atoms with Gasteiger partial charge in [0.15, 0.2) is 0 Å². The van der Waals surface area contributed by atoms with Gasteiger partial charge in [-0.1, -0.05) is 17.7 Å². The summed E-state index contributed by atoms with van der Waals surface area (Å²) in [5, 5.41) is 9.77. The fourth-order valence-electron chi connectivity index (χ4n) is 1.68. The Morgan fingerprint density at radius 3 is 3.00 bits per heavy atom. The molecule has 0 fully saturated rings. The number of aromatic hydroxyl groups is 1. The SMILES string of the molecule is N[C@@H]1CCc2c1ccc(O)c2Cl. The Kier molecular flexibility index (Phi) is 1.74. The van der Waals surface area contributed by atoms with Crippen LogP contribution in [0.5, 0.6) is 5.75 Å². The first-order chi connectivity index (χ1) is 5.70. The number of phenolic OH excluding ortho intramolecular Hbond substituents is 1. The maximum Gasteiger partial charge on any atom is 0.134 e. The van der Waals surface area contributed by atoms with Crippen LogP contribution in [0.4, 0.5) is 0 Å². The van der Waals surface area contributed by atoms with Gasteiger partial charge in [-0.3, -0.25) is 0 Å². The lowest BCUT2D eigenvalue weighted by atomic mass is 10.1. The van der Waals surface area contributed by atoms with Gasteiger partial charge in [0.05, 0.1) is 5.02 Å². The third-order valence-electron chi connectivity index (χ3n) is 2.36. The lowest BCUT2D eigenvalue weighted by Gasteiger charge is -2.06. The summed E-state index contributed by atoms with van der Waals surface area (Å²) in [7, 11) is 0. The van der Waals surface area contributed by atoms with Crippen molar-refractivity contribution in [2.45, 2.75) is 18.9 Å². The second-order valence-corrected chi connectivity index (χ2v) is 3.49. The third kappa shape index (κ3) is 0.993. The molecule has 1 aromatic rings. The zero-order valence-corrected chi connectivity index (χ0v) is 7.30. The van der Waals surface area contributed by atoms with E-state index >= 15 is 0 Å². The van der Waals surface area contributed by atoms with Crippen LogP contribution >= 0.6 is 11.6 Å². The molecule has 12 heavy (non-hydrogen) atoms. The number of fused-ring (bicyclic) bond motifs is 1. The van der Waals surface area contributed by atoms with Crippen LogP contribution in [-0.2, 0) is 6.42 Å². The van der Waals surface area contributed by atoms with Gasteiger partial charge in [-0.15, -0.1) is 0 Å². The Morgan fingerprint density at radius 2 is 2.25 bits per heavy atom. The molecule has 0 saturated carbocycles. The van der Waals surface area contributed by atoms with Crippen molar-refractivity contribution in [1.29, 1.82) is 0 Å². The molecular formula is C9H10ClNO. The maximum atomic E-state index is 9.30. The third-order valence-corrected chi connectivity index (χ3v) is 2.79. The summed E-state index contributed by atoms with van der Waals surface area (Å²) in [5.41, 5.74) is 7.92. The molecule has 2 rings (SSSR count). The highest BCUT2D eigenvalue weighted by Gasteiger charge is 2.22. The number of hydrogen-bond donors (Lipinski definition) is 2. The van der Waals surface area contributed by atoms with E-state index in [4.69, 9.17) is 17.3 Å². The molecule has 0 heterocycles. The molecule has 3 heteroatoms. The minimum atomic E-state index is 0.0955. The number of rotatable bonds is 0. The van der Waals surface area contributed by atoms with E-state index in [1.54, 1.807) is 6.07 Å². The fourth-order valence-corrected chi connectivity index (χ4v) is 1.95. The summed E-state index contributed by atoms with van der Waals surface area (Å²) >= 11 is 5.90. The molecule has 0 aliphatic heterocycles. The number of nitrogens with two attached hydrogens (primary N) is 1. The molecule has 3 N–H and O–H groups in total. The molecule has 1 aliphatic carbocycles. The molecule has 1 atom stereocenters. The highest BCUT2D eigenvalue weighted by Crippen LogP contribution is 2.38. The van der Waals surface area contributed by atoms with E-state index in [0.29, 0.717) is 5.02 Å². The van der Waals surface area contributed by atoms with Crippen LogP contribution in [0.3, 0.4) is 0 Å². The Morgan fingerprint density at radius 1 is 1.50 bits per heavy atom. The van der Waals surface area contributed by atoms with Crippen LogP contribution in [-0.4, -0.2) is 5.11 Å². The zero-order valence-electron chi connectivity index (χ0n) is 6.55. The monoisotopic (exact) mass is 183 g/mol. The van der Waals surface area contributed by atoms with E-state index in [1.807, 2.05) is 6.07 Å². The van der Waals surface area contributed by atoms with E-state index in [9.17, 15) is 5.11 Å². The van der Waals surface area contributed by atoms with Gasteiger partial charge < -0.3 is 10.8 Å². The van der Waals surface area contributed by atoms with Gasteiger partial charge in [0.25, 0.3) is 0 Å². The first-order valence-corrected chi connectivity index (χ1v) is 4.34. The van der Waals surface area contributed by atoms with Crippen LogP contribution < -0.4 is 5.73 Å². The summed E-state index contributed by atoms with van der Waals surface area (Å²) < 4.78 is 0. The van der Waals surface area contributed by atoms with E-state index in [-0.39, 0.29) is 11.8 Å². The molecule has 0 radical (unpaired) electrons. The molecule has 2 nitrogen and oxygen atoms in total. The van der Waals surface area contributed by atoms with Crippen molar-refractivity contribution in [2.75, 3.05) is 0 Å². The molecule has 1 aliphatic rings. The number of phenols is 1. The molecular weight excluding hydrogens is 174 g/mol. The van der Waals surface area contributed by atoms with Crippen LogP contribution in [0.25, 0.3) is 0 Å². The van der Waals surface area contributed by atoms with Crippen molar-refractivity contribution in [3.05, 3.63) is 28.3 Å². The van der Waals surface area contributed by atoms with Crippen molar-refractivity contribution < 1.29 is 5.11 Å². The van der Waals surface area contributed by atoms with Crippen LogP contribution in [0.1, 0.15) is 23.6 Å². The first-order valence-electron chi connectivity index (χ1n) is 3.96. The molecule has 0 amide bonds. The minimum Gasteiger partial charge on any atom is -0.506 e.